The molecule has 0 amide bonds. The van der Waals surface area contributed by atoms with Crippen LogP contribution in [-0.4, -0.2) is 27.6 Å². The van der Waals surface area contributed by atoms with Gasteiger partial charge in [-0.1, -0.05) is 0 Å². The van der Waals surface area contributed by atoms with Gasteiger partial charge in [0, 0.05) is 30.7 Å². The Morgan fingerprint density at radius 2 is 2.40 bits per heavy atom. The third-order valence-electron chi connectivity index (χ3n) is 2.05. The van der Waals surface area contributed by atoms with Gasteiger partial charge >= 0.3 is 0 Å². The van der Waals surface area contributed by atoms with E-state index < -0.39 is 0 Å². The maximum Gasteiger partial charge on any atom is 0.293 e. The zero-order valence-corrected chi connectivity index (χ0v) is 10.2. The van der Waals surface area contributed by atoms with Crippen LogP contribution >= 0.6 is 11.8 Å². The fraction of sp³-hybridized carbons (Fsp3) is 0.600. The molecule has 0 bridgehead atoms. The van der Waals surface area contributed by atoms with Gasteiger partial charge in [0.15, 0.2) is 5.82 Å². The Labute approximate surface area is 94.1 Å². The maximum absolute atomic E-state index is 11.8. The zero-order chi connectivity index (χ0) is 11.3. The molecule has 1 aromatic rings. The highest BCUT2D eigenvalue weighted by atomic mass is 32.2. The molecule has 0 aliphatic rings. The molecule has 0 aromatic carbocycles. The van der Waals surface area contributed by atoms with Gasteiger partial charge in [-0.2, -0.15) is 11.8 Å². The van der Waals surface area contributed by atoms with Gasteiger partial charge < -0.3 is 9.88 Å². The van der Waals surface area contributed by atoms with Crippen molar-refractivity contribution < 1.29 is 0 Å². The number of rotatable bonds is 5. The summed E-state index contributed by atoms with van der Waals surface area (Å²) in [5.74, 6) is 1.41. The summed E-state index contributed by atoms with van der Waals surface area (Å²) >= 11 is 1.75. The second-order valence-electron chi connectivity index (χ2n) is 3.37. The molecule has 15 heavy (non-hydrogen) atoms. The molecule has 0 fully saturated rings. The van der Waals surface area contributed by atoms with Crippen molar-refractivity contribution in [2.45, 2.75) is 26.4 Å². The summed E-state index contributed by atoms with van der Waals surface area (Å²) in [4.78, 5) is 15.8. The lowest BCUT2D eigenvalue weighted by Crippen LogP contribution is -2.28. The summed E-state index contributed by atoms with van der Waals surface area (Å²) in [6.45, 7) is 4.66. The van der Waals surface area contributed by atoms with E-state index in [1.54, 1.807) is 28.7 Å². The normalized spacial score (nSPS) is 12.5. The van der Waals surface area contributed by atoms with Gasteiger partial charge in [-0.15, -0.1) is 0 Å². The van der Waals surface area contributed by atoms with Gasteiger partial charge in [0.2, 0.25) is 0 Å². The molecule has 0 radical (unpaired) electrons. The van der Waals surface area contributed by atoms with Crippen LogP contribution in [0.1, 0.15) is 13.8 Å². The van der Waals surface area contributed by atoms with E-state index in [1.165, 1.54) is 0 Å². The maximum atomic E-state index is 11.8. The second-order valence-corrected chi connectivity index (χ2v) is 4.28. The smallest absolute Gasteiger partial charge is 0.293 e. The predicted octanol–water partition coefficient (Wildman–Crippen LogP) is 1.43. The standard InChI is InChI=1S/C10H17N3OS/c1-4-13-6-5-11-9(10(13)14)12-8(2)7-15-3/h5-6,8H,4,7H2,1-3H3,(H,11,12). The number of anilines is 1. The summed E-state index contributed by atoms with van der Waals surface area (Å²) in [5, 5.41) is 3.12. The van der Waals surface area contributed by atoms with E-state index in [2.05, 4.69) is 10.3 Å². The van der Waals surface area contributed by atoms with Crippen LogP contribution < -0.4 is 10.9 Å². The van der Waals surface area contributed by atoms with E-state index in [0.29, 0.717) is 12.4 Å². The Morgan fingerprint density at radius 1 is 1.67 bits per heavy atom. The number of aromatic nitrogens is 2. The molecular weight excluding hydrogens is 210 g/mol. The number of aryl methyl sites for hydroxylation is 1. The average molecular weight is 227 g/mol. The van der Waals surface area contributed by atoms with Gasteiger partial charge in [0.25, 0.3) is 5.56 Å². The second kappa shape index (κ2) is 5.80. The molecule has 1 N–H and O–H groups in total. The Balaban J connectivity index is 2.81. The number of nitrogens with zero attached hydrogens (tertiary/aromatic N) is 2. The van der Waals surface area contributed by atoms with Gasteiger partial charge in [-0.3, -0.25) is 4.79 Å². The third kappa shape index (κ3) is 3.27. The van der Waals surface area contributed by atoms with Crippen molar-refractivity contribution in [3.8, 4) is 0 Å². The summed E-state index contributed by atoms with van der Waals surface area (Å²) < 4.78 is 1.64. The molecule has 0 saturated carbocycles. The van der Waals surface area contributed by atoms with Gasteiger partial charge in [0.1, 0.15) is 0 Å². The van der Waals surface area contributed by atoms with E-state index in [-0.39, 0.29) is 11.6 Å². The molecule has 0 saturated heterocycles. The SMILES string of the molecule is CCn1ccnc(NC(C)CSC)c1=O. The summed E-state index contributed by atoms with van der Waals surface area (Å²) in [5.41, 5.74) is -0.0482. The van der Waals surface area contributed by atoms with Crippen molar-refractivity contribution in [1.82, 2.24) is 9.55 Å². The molecule has 5 heteroatoms. The van der Waals surface area contributed by atoms with E-state index in [0.717, 1.165) is 5.75 Å². The fourth-order valence-corrected chi connectivity index (χ4v) is 1.90. The summed E-state index contributed by atoms with van der Waals surface area (Å²) in [7, 11) is 0. The van der Waals surface area contributed by atoms with Crippen LogP contribution in [0.5, 0.6) is 0 Å². The lowest BCUT2D eigenvalue weighted by molar-refractivity contribution is 0.715. The van der Waals surface area contributed by atoms with Crippen LogP contribution in [0.3, 0.4) is 0 Å². The van der Waals surface area contributed by atoms with E-state index >= 15 is 0 Å². The monoisotopic (exact) mass is 227 g/mol. The van der Waals surface area contributed by atoms with E-state index in [4.69, 9.17) is 0 Å². The number of nitrogens with one attached hydrogen (secondary N) is 1. The van der Waals surface area contributed by atoms with Crippen molar-refractivity contribution >= 4 is 17.6 Å². The molecule has 0 spiro atoms. The Bertz CT molecular complexity index is 364. The van der Waals surface area contributed by atoms with Crippen molar-refractivity contribution in [3.63, 3.8) is 0 Å². The van der Waals surface area contributed by atoms with Crippen molar-refractivity contribution in [2.75, 3.05) is 17.3 Å². The highest BCUT2D eigenvalue weighted by Crippen LogP contribution is 2.02. The Hall–Kier alpha value is -0.970. The first-order chi connectivity index (χ1) is 7.19. The topological polar surface area (TPSA) is 46.9 Å². The summed E-state index contributed by atoms with van der Waals surface area (Å²) in [6, 6.07) is 0.257. The third-order valence-corrected chi connectivity index (χ3v) is 2.89. The zero-order valence-electron chi connectivity index (χ0n) is 9.36. The van der Waals surface area contributed by atoms with Crippen molar-refractivity contribution in [2.24, 2.45) is 0 Å². The first-order valence-electron chi connectivity index (χ1n) is 5.00. The molecule has 1 rings (SSSR count). The largest absolute Gasteiger partial charge is 0.362 e. The lowest BCUT2D eigenvalue weighted by atomic mass is 10.4. The van der Waals surface area contributed by atoms with Crippen LogP contribution in [0, 0.1) is 0 Å². The molecule has 4 nitrogen and oxygen atoms in total. The van der Waals surface area contributed by atoms with Gasteiger partial charge in [-0.25, -0.2) is 4.98 Å². The molecule has 0 aliphatic carbocycles. The molecule has 1 unspecified atom stereocenters. The van der Waals surface area contributed by atoms with Crippen LogP contribution in [0.4, 0.5) is 5.82 Å². The number of hydrogen-bond acceptors (Lipinski definition) is 4. The Kier molecular flexibility index (Phi) is 4.68. The molecule has 1 atom stereocenters. The highest BCUT2D eigenvalue weighted by Gasteiger charge is 2.06. The fourth-order valence-electron chi connectivity index (χ4n) is 1.32. The van der Waals surface area contributed by atoms with E-state index in [1.807, 2.05) is 20.1 Å². The quantitative estimate of drug-likeness (QED) is 0.826. The Morgan fingerprint density at radius 3 is 3.00 bits per heavy atom. The lowest BCUT2D eigenvalue weighted by Gasteiger charge is -2.13. The van der Waals surface area contributed by atoms with Gasteiger partial charge in [0.05, 0.1) is 0 Å². The van der Waals surface area contributed by atoms with Crippen LogP contribution in [0.25, 0.3) is 0 Å². The number of hydrogen-bond donors (Lipinski definition) is 1. The first kappa shape index (κ1) is 12.1. The predicted molar refractivity (Wildman–Crippen MR) is 65.6 cm³/mol. The van der Waals surface area contributed by atoms with Crippen molar-refractivity contribution in [3.05, 3.63) is 22.7 Å². The molecule has 1 aromatic heterocycles. The van der Waals surface area contributed by atoms with E-state index in [9.17, 15) is 4.79 Å². The van der Waals surface area contributed by atoms with Crippen LogP contribution in [-0.2, 0) is 6.54 Å². The average Bonchev–Trinajstić information content (AvgIpc) is 2.21. The highest BCUT2D eigenvalue weighted by molar-refractivity contribution is 7.98. The molecule has 1 heterocycles. The summed E-state index contributed by atoms with van der Waals surface area (Å²) in [6.07, 6.45) is 5.40. The molecule has 0 aliphatic heterocycles. The first-order valence-corrected chi connectivity index (χ1v) is 6.39. The number of thioether (sulfide) groups is 1. The minimum atomic E-state index is -0.0482. The minimum absolute atomic E-state index is 0.0482. The molecule has 84 valence electrons. The molecular formula is C10H17N3OS. The van der Waals surface area contributed by atoms with Crippen LogP contribution in [0.2, 0.25) is 0 Å². The van der Waals surface area contributed by atoms with Crippen molar-refractivity contribution in [1.29, 1.82) is 0 Å². The minimum Gasteiger partial charge on any atom is -0.362 e. The van der Waals surface area contributed by atoms with Crippen LogP contribution in [0.15, 0.2) is 17.2 Å². The van der Waals surface area contributed by atoms with Gasteiger partial charge in [-0.05, 0) is 20.1 Å².